The maximum absolute atomic E-state index is 10.1. The van der Waals surface area contributed by atoms with E-state index >= 15 is 0 Å². The molecule has 0 aromatic rings. The molecule has 0 spiro atoms. The monoisotopic (exact) mass is 274 g/mol. The summed E-state index contributed by atoms with van der Waals surface area (Å²) in [5, 5.41) is 21.8. The first-order valence-corrected chi connectivity index (χ1v) is 6.95. The van der Waals surface area contributed by atoms with Crippen LogP contribution in [0, 0.1) is 0 Å². The van der Waals surface area contributed by atoms with Crippen LogP contribution >= 0.6 is 0 Å². The molecule has 0 aromatic carbocycles. The number of carbonyl (C=O) groups is 2. The number of carbonyl (C=O) groups excluding carboxylic acids is 2. The van der Waals surface area contributed by atoms with E-state index in [4.69, 9.17) is 10.2 Å². The minimum atomic E-state index is 0.204. The fraction of sp³-hybridized carbons (Fsp3) is 0.846. The molecule has 2 heterocycles. The number of hydrogen-bond donors (Lipinski definition) is 4. The van der Waals surface area contributed by atoms with Gasteiger partial charge in [-0.25, -0.2) is 0 Å². The number of hydrogen-bond acceptors (Lipinski definition) is 4. The predicted molar refractivity (Wildman–Crippen MR) is 72.5 cm³/mol. The van der Waals surface area contributed by atoms with E-state index in [1.54, 1.807) is 0 Å². The van der Waals surface area contributed by atoms with E-state index in [1.165, 1.54) is 0 Å². The first-order valence-electron chi connectivity index (χ1n) is 6.95. The van der Waals surface area contributed by atoms with Crippen molar-refractivity contribution in [3.63, 3.8) is 0 Å². The average molecular weight is 274 g/mol. The molecule has 2 amide bonds. The maximum Gasteiger partial charge on any atom is 0.220 e. The number of nitrogens with one attached hydrogen (secondary N) is 2. The van der Waals surface area contributed by atoms with Crippen LogP contribution in [0.1, 0.15) is 44.9 Å². The summed E-state index contributed by atoms with van der Waals surface area (Å²) in [6.45, 7) is 2.28. The Morgan fingerprint density at radius 2 is 1.21 bits per heavy atom. The third-order valence-corrected chi connectivity index (χ3v) is 2.62. The molecule has 6 nitrogen and oxygen atoms in total. The van der Waals surface area contributed by atoms with Crippen LogP contribution < -0.4 is 10.6 Å². The van der Waals surface area contributed by atoms with Crippen LogP contribution in [0.5, 0.6) is 0 Å². The van der Waals surface area contributed by atoms with Crippen molar-refractivity contribution in [2.24, 2.45) is 0 Å². The fourth-order valence-electron chi connectivity index (χ4n) is 1.53. The molecule has 2 fully saturated rings. The summed E-state index contributed by atoms with van der Waals surface area (Å²) >= 11 is 0. The molecule has 6 heteroatoms. The zero-order chi connectivity index (χ0) is 14.3. The Hall–Kier alpha value is -1.14. The minimum Gasteiger partial charge on any atom is -0.396 e. The molecule has 0 saturated carbocycles. The lowest BCUT2D eigenvalue weighted by molar-refractivity contribution is -0.119. The zero-order valence-corrected chi connectivity index (χ0v) is 11.5. The van der Waals surface area contributed by atoms with Crippen LogP contribution in [-0.2, 0) is 9.59 Å². The third-order valence-electron chi connectivity index (χ3n) is 2.62. The molecule has 0 bridgehead atoms. The first kappa shape index (κ1) is 17.9. The SMILES string of the molecule is O=C1CCCN1.O=C1CCCN1.OCCCCCO. The van der Waals surface area contributed by atoms with Crippen molar-refractivity contribution < 1.29 is 19.8 Å². The summed E-state index contributed by atoms with van der Waals surface area (Å²) in [4.78, 5) is 20.3. The average Bonchev–Trinajstić information content (AvgIpc) is 3.05. The number of aliphatic hydroxyl groups excluding tert-OH is 2. The van der Waals surface area contributed by atoms with Crippen molar-refractivity contribution in [2.45, 2.75) is 44.9 Å². The van der Waals surface area contributed by atoms with E-state index in [1.807, 2.05) is 0 Å². The second kappa shape index (κ2) is 13.3. The van der Waals surface area contributed by atoms with Crippen LogP contribution in [0.25, 0.3) is 0 Å². The Morgan fingerprint density at radius 3 is 1.37 bits per heavy atom. The summed E-state index contributed by atoms with van der Waals surface area (Å²) < 4.78 is 0. The van der Waals surface area contributed by atoms with E-state index < -0.39 is 0 Å². The molecule has 19 heavy (non-hydrogen) atoms. The Bertz CT molecular complexity index is 207. The van der Waals surface area contributed by atoms with Gasteiger partial charge >= 0.3 is 0 Å². The lowest BCUT2D eigenvalue weighted by Crippen LogP contribution is -2.12. The summed E-state index contributed by atoms with van der Waals surface area (Å²) in [5.41, 5.74) is 0. The normalized spacial score (nSPS) is 16.7. The van der Waals surface area contributed by atoms with Gasteiger partial charge in [0.25, 0.3) is 0 Å². The van der Waals surface area contributed by atoms with Gasteiger partial charge in [-0.3, -0.25) is 9.59 Å². The van der Waals surface area contributed by atoms with Gasteiger partial charge < -0.3 is 20.8 Å². The molecule has 0 radical (unpaired) electrons. The fourth-order valence-corrected chi connectivity index (χ4v) is 1.53. The lowest BCUT2D eigenvalue weighted by atomic mass is 10.2. The van der Waals surface area contributed by atoms with Gasteiger partial charge in [0.2, 0.25) is 11.8 Å². The van der Waals surface area contributed by atoms with Gasteiger partial charge in [0.15, 0.2) is 0 Å². The van der Waals surface area contributed by atoms with Crippen LogP contribution in [-0.4, -0.2) is 48.3 Å². The molecule has 2 rings (SSSR count). The highest BCUT2D eigenvalue weighted by atomic mass is 16.3. The van der Waals surface area contributed by atoms with Gasteiger partial charge in [-0.2, -0.15) is 0 Å². The summed E-state index contributed by atoms with van der Waals surface area (Å²) in [7, 11) is 0. The van der Waals surface area contributed by atoms with Crippen LogP contribution in [0.2, 0.25) is 0 Å². The Balaban J connectivity index is 0.000000256. The van der Waals surface area contributed by atoms with Gasteiger partial charge in [-0.1, -0.05) is 0 Å². The smallest absolute Gasteiger partial charge is 0.220 e. The molecule has 0 aromatic heterocycles. The second-order valence-corrected chi connectivity index (χ2v) is 4.41. The van der Waals surface area contributed by atoms with E-state index in [-0.39, 0.29) is 25.0 Å². The number of amides is 2. The highest BCUT2D eigenvalue weighted by Crippen LogP contribution is 1.93. The molecular weight excluding hydrogens is 248 g/mol. The van der Waals surface area contributed by atoms with Crippen LogP contribution in [0.4, 0.5) is 0 Å². The topological polar surface area (TPSA) is 98.7 Å². The molecule has 112 valence electrons. The predicted octanol–water partition coefficient (Wildman–Crippen LogP) is -0.0659. The van der Waals surface area contributed by atoms with E-state index in [9.17, 15) is 9.59 Å². The molecule has 0 atom stereocenters. The lowest BCUT2D eigenvalue weighted by Gasteiger charge is -1.90. The van der Waals surface area contributed by atoms with Crippen LogP contribution in [0.15, 0.2) is 0 Å². The summed E-state index contributed by atoms with van der Waals surface area (Å²) in [5.74, 6) is 0.407. The number of aliphatic hydroxyl groups is 2. The van der Waals surface area contributed by atoms with Crippen molar-refractivity contribution >= 4 is 11.8 Å². The number of rotatable bonds is 4. The first-order chi connectivity index (χ1) is 9.20. The highest BCUT2D eigenvalue weighted by Gasteiger charge is 2.05. The molecule has 4 N–H and O–H groups in total. The molecule has 0 unspecified atom stereocenters. The van der Waals surface area contributed by atoms with Crippen molar-refractivity contribution in [3.05, 3.63) is 0 Å². The summed E-state index contributed by atoms with van der Waals surface area (Å²) in [6, 6.07) is 0. The minimum absolute atomic E-state index is 0.204. The highest BCUT2D eigenvalue weighted by molar-refractivity contribution is 5.77. The van der Waals surface area contributed by atoms with Crippen molar-refractivity contribution in [2.75, 3.05) is 26.3 Å². The number of unbranched alkanes of at least 4 members (excludes halogenated alkanes) is 2. The quantitative estimate of drug-likeness (QED) is 0.539. The van der Waals surface area contributed by atoms with Gasteiger partial charge in [0.05, 0.1) is 0 Å². The maximum atomic E-state index is 10.1. The van der Waals surface area contributed by atoms with Crippen molar-refractivity contribution in [1.82, 2.24) is 10.6 Å². The molecule has 2 aliphatic heterocycles. The second-order valence-electron chi connectivity index (χ2n) is 4.41. The van der Waals surface area contributed by atoms with Crippen molar-refractivity contribution in [1.29, 1.82) is 0 Å². The van der Waals surface area contributed by atoms with E-state index in [2.05, 4.69) is 10.6 Å². The summed E-state index contributed by atoms with van der Waals surface area (Å²) in [6.07, 6.45) is 6.10. The van der Waals surface area contributed by atoms with Crippen LogP contribution in [0.3, 0.4) is 0 Å². The van der Waals surface area contributed by atoms with Crippen molar-refractivity contribution in [3.8, 4) is 0 Å². The van der Waals surface area contributed by atoms with Gasteiger partial charge in [0, 0.05) is 39.1 Å². The Morgan fingerprint density at radius 1 is 0.789 bits per heavy atom. The Kier molecular flexibility index (Phi) is 12.5. The van der Waals surface area contributed by atoms with E-state index in [0.717, 1.165) is 58.0 Å². The zero-order valence-electron chi connectivity index (χ0n) is 11.5. The van der Waals surface area contributed by atoms with Gasteiger partial charge in [0.1, 0.15) is 0 Å². The molecule has 2 aliphatic rings. The largest absolute Gasteiger partial charge is 0.396 e. The van der Waals surface area contributed by atoms with Gasteiger partial charge in [-0.15, -0.1) is 0 Å². The molecule has 2 saturated heterocycles. The van der Waals surface area contributed by atoms with E-state index in [0.29, 0.717) is 0 Å². The standard InChI is InChI=1S/C5H12O2.2C4H7NO/c6-4-2-1-3-5-7;2*6-4-2-1-3-5-4/h6-7H,1-5H2;2*1-3H2,(H,5,6). The third kappa shape index (κ3) is 13.1. The molecule has 0 aliphatic carbocycles. The van der Waals surface area contributed by atoms with Gasteiger partial charge in [-0.05, 0) is 32.1 Å². The Labute approximate surface area is 114 Å². The molecular formula is C13H26N2O4.